The summed E-state index contributed by atoms with van der Waals surface area (Å²) in [6.45, 7) is 7.37. The molecule has 1 N–H and O–H groups in total. The number of carbonyl (C=O) groups excluding carboxylic acids is 1. The van der Waals surface area contributed by atoms with Crippen molar-refractivity contribution in [3.05, 3.63) is 59.7 Å². The molecule has 0 bridgehead atoms. The maximum absolute atomic E-state index is 12.1. The average Bonchev–Trinajstić information content (AvgIpc) is 3.07. The maximum atomic E-state index is 12.1. The first-order valence-corrected chi connectivity index (χ1v) is 10.4. The van der Waals surface area contributed by atoms with Gasteiger partial charge < -0.3 is 19.5 Å². The molecule has 1 amide bonds. The molecule has 0 heterocycles. The van der Waals surface area contributed by atoms with Crippen molar-refractivity contribution in [3.8, 4) is 11.1 Å². The van der Waals surface area contributed by atoms with Gasteiger partial charge in [-0.1, -0.05) is 68.8 Å². The predicted molar refractivity (Wildman–Crippen MR) is 114 cm³/mol. The molecule has 29 heavy (non-hydrogen) atoms. The molecular weight excluding hydrogens is 366 g/mol. The van der Waals surface area contributed by atoms with E-state index in [-0.39, 0.29) is 5.92 Å². The van der Waals surface area contributed by atoms with E-state index in [4.69, 9.17) is 14.2 Å². The van der Waals surface area contributed by atoms with E-state index in [1.54, 1.807) is 0 Å². The molecule has 1 aliphatic carbocycles. The summed E-state index contributed by atoms with van der Waals surface area (Å²) < 4.78 is 16.5. The molecule has 5 heteroatoms. The van der Waals surface area contributed by atoms with Gasteiger partial charge in [-0.25, -0.2) is 4.79 Å². The van der Waals surface area contributed by atoms with Crippen molar-refractivity contribution in [2.24, 2.45) is 5.92 Å². The van der Waals surface area contributed by atoms with Gasteiger partial charge in [0, 0.05) is 19.1 Å². The van der Waals surface area contributed by atoms with Crippen molar-refractivity contribution in [3.63, 3.8) is 0 Å². The van der Waals surface area contributed by atoms with Crippen LogP contribution in [0.25, 0.3) is 11.1 Å². The fourth-order valence-corrected chi connectivity index (χ4v) is 3.50. The van der Waals surface area contributed by atoms with Crippen molar-refractivity contribution >= 4 is 6.09 Å². The summed E-state index contributed by atoms with van der Waals surface area (Å²) >= 11 is 0. The molecule has 2 aromatic carbocycles. The van der Waals surface area contributed by atoms with Gasteiger partial charge in [0.2, 0.25) is 0 Å². The molecular formula is C24H31NO4. The lowest BCUT2D eigenvalue weighted by Gasteiger charge is -2.14. The standard InChI is InChI=1S/C24H31NO4/c1-3-18(2)16-28-15-14-27-13-12-25-24(26)29-17-23-21-10-6-4-8-19(21)20-9-5-7-11-22(20)23/h4-11,18,23H,3,12-17H2,1-2H3,(H,25,26). The van der Waals surface area contributed by atoms with Gasteiger partial charge in [0.05, 0.1) is 19.8 Å². The Kier molecular flexibility index (Phi) is 8.08. The monoisotopic (exact) mass is 397 g/mol. The van der Waals surface area contributed by atoms with E-state index in [0.29, 0.717) is 38.9 Å². The number of benzene rings is 2. The molecule has 0 saturated heterocycles. The van der Waals surface area contributed by atoms with Crippen LogP contribution in [0.2, 0.25) is 0 Å². The van der Waals surface area contributed by atoms with Gasteiger partial charge >= 0.3 is 6.09 Å². The van der Waals surface area contributed by atoms with Crippen LogP contribution in [0, 0.1) is 5.92 Å². The molecule has 3 rings (SSSR count). The van der Waals surface area contributed by atoms with Crippen molar-refractivity contribution < 1.29 is 19.0 Å². The number of ether oxygens (including phenoxy) is 3. The summed E-state index contributed by atoms with van der Waals surface area (Å²) in [6, 6.07) is 16.6. The fraction of sp³-hybridized carbons (Fsp3) is 0.458. The van der Waals surface area contributed by atoms with Crippen LogP contribution in [-0.2, 0) is 14.2 Å². The molecule has 0 saturated carbocycles. The maximum Gasteiger partial charge on any atom is 0.407 e. The van der Waals surface area contributed by atoms with E-state index in [0.717, 1.165) is 13.0 Å². The van der Waals surface area contributed by atoms with Crippen molar-refractivity contribution in [2.45, 2.75) is 26.2 Å². The molecule has 0 fully saturated rings. The summed E-state index contributed by atoms with van der Waals surface area (Å²) in [5, 5.41) is 2.75. The third kappa shape index (κ3) is 5.81. The average molecular weight is 398 g/mol. The summed E-state index contributed by atoms with van der Waals surface area (Å²) in [7, 11) is 0. The highest BCUT2D eigenvalue weighted by atomic mass is 16.5. The molecule has 1 unspecified atom stereocenters. The third-order valence-corrected chi connectivity index (χ3v) is 5.33. The second-order valence-corrected chi connectivity index (χ2v) is 7.45. The molecule has 0 aliphatic heterocycles. The quantitative estimate of drug-likeness (QED) is 0.563. The molecule has 1 atom stereocenters. The number of hydrogen-bond acceptors (Lipinski definition) is 4. The number of amides is 1. The van der Waals surface area contributed by atoms with Crippen LogP contribution in [-0.4, -0.2) is 45.7 Å². The van der Waals surface area contributed by atoms with Gasteiger partial charge in [-0.15, -0.1) is 0 Å². The molecule has 5 nitrogen and oxygen atoms in total. The second-order valence-electron chi connectivity index (χ2n) is 7.45. The Hall–Kier alpha value is -2.37. The first-order chi connectivity index (χ1) is 14.2. The largest absolute Gasteiger partial charge is 0.449 e. The van der Waals surface area contributed by atoms with Gasteiger partial charge in [0.1, 0.15) is 6.61 Å². The first kappa shape index (κ1) is 21.3. The zero-order valence-corrected chi connectivity index (χ0v) is 17.4. The number of alkyl carbamates (subject to hydrolysis) is 1. The van der Waals surface area contributed by atoms with E-state index in [9.17, 15) is 4.79 Å². The fourth-order valence-electron chi connectivity index (χ4n) is 3.50. The minimum atomic E-state index is -0.413. The lowest BCUT2D eigenvalue weighted by Crippen LogP contribution is -2.29. The normalized spacial score (nSPS) is 13.6. The minimum Gasteiger partial charge on any atom is -0.449 e. The smallest absolute Gasteiger partial charge is 0.407 e. The highest BCUT2D eigenvalue weighted by molar-refractivity contribution is 5.79. The summed E-state index contributed by atoms with van der Waals surface area (Å²) in [6.07, 6.45) is 0.703. The lowest BCUT2D eigenvalue weighted by molar-refractivity contribution is 0.0358. The van der Waals surface area contributed by atoms with Crippen molar-refractivity contribution in [1.29, 1.82) is 0 Å². The zero-order chi connectivity index (χ0) is 20.5. The molecule has 2 aromatic rings. The first-order valence-electron chi connectivity index (χ1n) is 10.4. The van der Waals surface area contributed by atoms with Crippen LogP contribution in [0.5, 0.6) is 0 Å². The second kappa shape index (κ2) is 11.0. The molecule has 0 radical (unpaired) electrons. The minimum absolute atomic E-state index is 0.0760. The van der Waals surface area contributed by atoms with E-state index in [2.05, 4.69) is 43.4 Å². The van der Waals surface area contributed by atoms with E-state index >= 15 is 0 Å². The Balaban J connectivity index is 1.35. The number of nitrogens with one attached hydrogen (secondary N) is 1. The highest BCUT2D eigenvalue weighted by Gasteiger charge is 2.28. The molecule has 156 valence electrons. The van der Waals surface area contributed by atoms with E-state index in [1.807, 2.05) is 24.3 Å². The number of fused-ring (bicyclic) bond motifs is 3. The van der Waals surface area contributed by atoms with E-state index < -0.39 is 6.09 Å². The molecule has 0 spiro atoms. The van der Waals surface area contributed by atoms with Crippen LogP contribution in [0.4, 0.5) is 4.79 Å². The van der Waals surface area contributed by atoms with Crippen molar-refractivity contribution in [1.82, 2.24) is 5.32 Å². The van der Waals surface area contributed by atoms with Gasteiger partial charge in [-0.2, -0.15) is 0 Å². The Morgan fingerprint density at radius 3 is 2.24 bits per heavy atom. The molecule has 1 aliphatic rings. The summed E-state index contributed by atoms with van der Waals surface area (Å²) in [5.74, 6) is 0.650. The zero-order valence-electron chi connectivity index (χ0n) is 17.4. The third-order valence-electron chi connectivity index (χ3n) is 5.33. The van der Waals surface area contributed by atoms with Crippen molar-refractivity contribution in [2.75, 3.05) is 39.6 Å². The van der Waals surface area contributed by atoms with Gasteiger partial charge in [0.15, 0.2) is 0 Å². The number of carbonyl (C=O) groups is 1. The van der Waals surface area contributed by atoms with Crippen LogP contribution >= 0.6 is 0 Å². The Labute approximate surface area is 173 Å². The van der Waals surface area contributed by atoms with E-state index in [1.165, 1.54) is 22.3 Å². The topological polar surface area (TPSA) is 56.8 Å². The van der Waals surface area contributed by atoms with Gasteiger partial charge in [0.25, 0.3) is 0 Å². The van der Waals surface area contributed by atoms with Crippen LogP contribution < -0.4 is 5.32 Å². The highest BCUT2D eigenvalue weighted by Crippen LogP contribution is 2.44. The number of rotatable bonds is 11. The van der Waals surface area contributed by atoms with Crippen LogP contribution in [0.1, 0.15) is 37.3 Å². The van der Waals surface area contributed by atoms with Gasteiger partial charge in [-0.3, -0.25) is 0 Å². The Morgan fingerprint density at radius 1 is 0.966 bits per heavy atom. The summed E-state index contributed by atoms with van der Waals surface area (Å²) in [4.78, 5) is 12.1. The Morgan fingerprint density at radius 2 is 1.59 bits per heavy atom. The molecule has 0 aromatic heterocycles. The SMILES string of the molecule is CCC(C)COCCOCCNC(=O)OCC1c2ccccc2-c2ccccc21. The summed E-state index contributed by atoms with van der Waals surface area (Å²) in [5.41, 5.74) is 4.87. The lowest BCUT2D eigenvalue weighted by atomic mass is 9.98. The number of hydrogen-bond donors (Lipinski definition) is 1. The predicted octanol–water partition coefficient (Wildman–Crippen LogP) is 4.60. The van der Waals surface area contributed by atoms with Crippen LogP contribution in [0.3, 0.4) is 0 Å². The van der Waals surface area contributed by atoms with Gasteiger partial charge in [-0.05, 0) is 28.2 Å². The Bertz CT molecular complexity index is 746. The van der Waals surface area contributed by atoms with Crippen LogP contribution in [0.15, 0.2) is 48.5 Å².